The van der Waals surface area contributed by atoms with Crippen LogP contribution in [-0.4, -0.2) is 29.6 Å². The summed E-state index contributed by atoms with van der Waals surface area (Å²) in [4.78, 5) is 9.47. The first-order chi connectivity index (χ1) is 15.9. The molecule has 1 saturated heterocycles. The first-order valence-corrected chi connectivity index (χ1v) is 11.1. The molecule has 0 aliphatic carbocycles. The molecule has 0 bridgehead atoms. The average Bonchev–Trinajstić information content (AvgIpc) is 2.87. The zero-order valence-corrected chi connectivity index (χ0v) is 18.0. The first kappa shape index (κ1) is 20.4. The van der Waals surface area contributed by atoms with Crippen molar-refractivity contribution in [1.29, 1.82) is 0 Å². The second-order valence-corrected chi connectivity index (χ2v) is 8.04. The van der Waals surface area contributed by atoms with Gasteiger partial charge in [-0.05, 0) is 35.9 Å². The normalized spacial score (nSPS) is 16.6. The summed E-state index contributed by atoms with van der Waals surface area (Å²) in [6.45, 7) is 3.51. The van der Waals surface area contributed by atoms with Crippen LogP contribution in [0.4, 0.5) is 17.2 Å². The number of para-hydroxylation sites is 2. The van der Waals surface area contributed by atoms with Crippen molar-refractivity contribution in [2.45, 2.75) is 12.6 Å². The number of ether oxygens (including phenoxy) is 1. The molecule has 4 nitrogen and oxygen atoms in total. The lowest BCUT2D eigenvalue weighted by atomic mass is 10.1. The van der Waals surface area contributed by atoms with E-state index < -0.39 is 0 Å². The molecule has 1 fully saturated rings. The van der Waals surface area contributed by atoms with Gasteiger partial charge in [0.2, 0.25) is 0 Å². The summed E-state index contributed by atoms with van der Waals surface area (Å²) in [5.74, 6) is 0.892. The maximum atomic E-state index is 6.11. The fourth-order valence-corrected chi connectivity index (χ4v) is 4.18. The number of morpholine rings is 1. The Hall–Kier alpha value is -3.47. The molecule has 0 amide bonds. The Morgan fingerprint density at radius 1 is 0.781 bits per heavy atom. The third kappa shape index (κ3) is 4.72. The van der Waals surface area contributed by atoms with Crippen LogP contribution >= 0.6 is 0 Å². The highest BCUT2D eigenvalue weighted by Crippen LogP contribution is 2.33. The van der Waals surface area contributed by atoms with Crippen molar-refractivity contribution in [3.63, 3.8) is 0 Å². The van der Waals surface area contributed by atoms with Gasteiger partial charge in [-0.1, -0.05) is 72.8 Å². The smallest absolute Gasteiger partial charge is 0.137 e. The molecule has 0 saturated carbocycles. The third-order valence-electron chi connectivity index (χ3n) is 5.80. The molecular weight excluding hydrogens is 394 g/mol. The van der Waals surface area contributed by atoms with E-state index >= 15 is 0 Å². The van der Waals surface area contributed by atoms with Crippen LogP contribution in [0.3, 0.4) is 0 Å². The maximum Gasteiger partial charge on any atom is 0.137 e. The van der Waals surface area contributed by atoms with E-state index in [2.05, 4.69) is 101 Å². The quantitative estimate of drug-likeness (QED) is 0.375. The van der Waals surface area contributed by atoms with Gasteiger partial charge in [0.05, 0.1) is 12.7 Å². The number of nitrogens with zero attached hydrogens (tertiary/aromatic N) is 3. The molecule has 1 aliphatic heterocycles. The van der Waals surface area contributed by atoms with Crippen LogP contribution in [0.2, 0.25) is 0 Å². The van der Waals surface area contributed by atoms with Crippen molar-refractivity contribution in [3.8, 4) is 0 Å². The Kier molecular flexibility index (Phi) is 6.24. The molecule has 4 heteroatoms. The van der Waals surface area contributed by atoms with Gasteiger partial charge in [0.15, 0.2) is 0 Å². The van der Waals surface area contributed by atoms with Crippen molar-refractivity contribution >= 4 is 17.2 Å². The zero-order valence-electron chi connectivity index (χ0n) is 18.0. The highest BCUT2D eigenvalue weighted by atomic mass is 16.5. The molecule has 1 aromatic heterocycles. The van der Waals surface area contributed by atoms with Gasteiger partial charge in [0.1, 0.15) is 5.82 Å². The fourth-order valence-electron chi connectivity index (χ4n) is 4.18. The molecule has 0 N–H and O–H groups in total. The summed E-state index contributed by atoms with van der Waals surface area (Å²) in [6, 6.07) is 35.6. The third-order valence-corrected chi connectivity index (χ3v) is 5.80. The van der Waals surface area contributed by atoms with Gasteiger partial charge < -0.3 is 4.74 Å². The minimum Gasteiger partial charge on any atom is -0.371 e. The molecule has 4 aromatic rings. The lowest BCUT2D eigenvalue weighted by molar-refractivity contribution is -0.0330. The minimum absolute atomic E-state index is 0.0379. The summed E-state index contributed by atoms with van der Waals surface area (Å²) in [6.07, 6.45) is 2.00. The van der Waals surface area contributed by atoms with Crippen LogP contribution in [-0.2, 0) is 11.3 Å². The fraction of sp³-hybridized carbons (Fsp3) is 0.179. The number of anilines is 3. The van der Waals surface area contributed by atoms with Crippen LogP contribution in [0.15, 0.2) is 109 Å². The van der Waals surface area contributed by atoms with E-state index in [0.29, 0.717) is 0 Å². The second-order valence-electron chi connectivity index (χ2n) is 8.04. The summed E-state index contributed by atoms with van der Waals surface area (Å²) in [5.41, 5.74) is 4.62. The van der Waals surface area contributed by atoms with Gasteiger partial charge in [0, 0.05) is 42.8 Å². The van der Waals surface area contributed by atoms with E-state index in [1.165, 1.54) is 5.56 Å². The predicted octanol–water partition coefficient (Wildman–Crippen LogP) is 6.12. The van der Waals surface area contributed by atoms with Gasteiger partial charge in [-0.15, -0.1) is 0 Å². The van der Waals surface area contributed by atoms with E-state index in [9.17, 15) is 0 Å². The summed E-state index contributed by atoms with van der Waals surface area (Å²) >= 11 is 0. The zero-order chi connectivity index (χ0) is 21.6. The number of hydrogen-bond donors (Lipinski definition) is 0. The van der Waals surface area contributed by atoms with Gasteiger partial charge >= 0.3 is 0 Å². The topological polar surface area (TPSA) is 28.6 Å². The van der Waals surface area contributed by atoms with E-state index in [-0.39, 0.29) is 6.10 Å². The van der Waals surface area contributed by atoms with Crippen LogP contribution in [0.1, 0.15) is 17.2 Å². The Morgan fingerprint density at radius 3 is 2.00 bits per heavy atom. The standard InChI is InChI=1S/C28H27N3O/c1-4-10-23(11-5-1)21-30-18-19-32-27(22-30)24-16-17-28(29-20-24)31(25-12-6-2-7-13-25)26-14-8-3-9-15-26/h1-17,20,27H,18-19,21-22H2. The van der Waals surface area contributed by atoms with Crippen LogP contribution in [0, 0.1) is 0 Å². The first-order valence-electron chi connectivity index (χ1n) is 11.1. The number of aromatic nitrogens is 1. The summed E-state index contributed by atoms with van der Waals surface area (Å²) in [7, 11) is 0. The molecule has 1 aliphatic rings. The van der Waals surface area contributed by atoms with Gasteiger partial charge in [-0.3, -0.25) is 9.80 Å². The summed E-state index contributed by atoms with van der Waals surface area (Å²) < 4.78 is 6.11. The summed E-state index contributed by atoms with van der Waals surface area (Å²) in [5, 5.41) is 0. The molecule has 0 radical (unpaired) electrons. The van der Waals surface area contributed by atoms with Crippen molar-refractivity contribution in [3.05, 3.63) is 120 Å². The highest BCUT2D eigenvalue weighted by Gasteiger charge is 2.23. The average molecular weight is 422 g/mol. The molecular formula is C28H27N3O. The molecule has 160 valence electrons. The van der Waals surface area contributed by atoms with Crippen LogP contribution in [0.25, 0.3) is 0 Å². The molecule has 1 unspecified atom stereocenters. The van der Waals surface area contributed by atoms with Crippen LogP contribution < -0.4 is 4.90 Å². The monoisotopic (exact) mass is 421 g/mol. The minimum atomic E-state index is 0.0379. The predicted molar refractivity (Wildman–Crippen MR) is 129 cm³/mol. The molecule has 2 heterocycles. The van der Waals surface area contributed by atoms with Crippen molar-refractivity contribution in [1.82, 2.24) is 9.88 Å². The number of benzene rings is 3. The molecule has 1 atom stereocenters. The van der Waals surface area contributed by atoms with Crippen molar-refractivity contribution < 1.29 is 4.74 Å². The van der Waals surface area contributed by atoms with E-state index in [1.54, 1.807) is 0 Å². The number of hydrogen-bond acceptors (Lipinski definition) is 4. The van der Waals surface area contributed by atoms with Gasteiger partial charge in [-0.25, -0.2) is 4.98 Å². The Bertz CT molecular complexity index is 1060. The van der Waals surface area contributed by atoms with E-state index in [4.69, 9.17) is 9.72 Å². The Balaban J connectivity index is 1.35. The lowest BCUT2D eigenvalue weighted by Crippen LogP contribution is -2.37. The molecule has 0 spiro atoms. The number of rotatable bonds is 6. The largest absolute Gasteiger partial charge is 0.371 e. The molecule has 5 rings (SSSR count). The van der Waals surface area contributed by atoms with Crippen molar-refractivity contribution in [2.24, 2.45) is 0 Å². The maximum absolute atomic E-state index is 6.11. The number of pyridine rings is 1. The van der Waals surface area contributed by atoms with Gasteiger partial charge in [0.25, 0.3) is 0 Å². The SMILES string of the molecule is c1ccc(CN2CCOC(c3ccc(N(c4ccccc4)c4ccccc4)nc3)C2)cc1. The molecule has 32 heavy (non-hydrogen) atoms. The lowest BCUT2D eigenvalue weighted by Gasteiger charge is -2.33. The van der Waals surface area contributed by atoms with Crippen LogP contribution in [0.5, 0.6) is 0 Å². The Labute approximate surface area is 189 Å². The van der Waals surface area contributed by atoms with Crippen molar-refractivity contribution in [2.75, 3.05) is 24.6 Å². The second kappa shape index (κ2) is 9.77. The molecule has 3 aromatic carbocycles. The highest BCUT2D eigenvalue weighted by molar-refractivity contribution is 5.74. The Morgan fingerprint density at radius 2 is 1.41 bits per heavy atom. The van der Waals surface area contributed by atoms with Gasteiger partial charge in [-0.2, -0.15) is 0 Å². The van der Waals surface area contributed by atoms with E-state index in [0.717, 1.165) is 49.0 Å². The van der Waals surface area contributed by atoms with E-state index in [1.807, 2.05) is 18.3 Å².